The van der Waals surface area contributed by atoms with E-state index in [1.165, 1.54) is 44.6 Å². The smallest absolute Gasteiger partial charge is 0.338 e. The van der Waals surface area contributed by atoms with Gasteiger partial charge in [0.2, 0.25) is 5.91 Å². The van der Waals surface area contributed by atoms with Gasteiger partial charge in [0.1, 0.15) is 5.76 Å². The molecule has 1 aromatic carbocycles. The van der Waals surface area contributed by atoms with Crippen molar-refractivity contribution in [3.05, 3.63) is 47.9 Å². The predicted octanol–water partition coefficient (Wildman–Crippen LogP) is 1.23. The Bertz CT molecular complexity index is 818. The number of likely N-dealkylation sites (N-methyl/N-ethyl adjacent to an activating group) is 1. The average Bonchev–Trinajstić information content (AvgIpc) is 3.23. The molecule has 2 aromatic rings. The standard InChI is InChI=1S/C19H22N2O7/c1-21(11-17(22)20-10-14-5-4-8-27-14)18(23)12-28-19(24)13-6-7-15(25-2)16(9-13)26-3/h4-9H,10-12H2,1-3H3,(H,20,22). The normalized spacial score (nSPS) is 10.1. The van der Waals surface area contributed by atoms with E-state index in [4.69, 9.17) is 18.6 Å². The van der Waals surface area contributed by atoms with E-state index in [0.717, 1.165) is 0 Å². The lowest BCUT2D eigenvalue weighted by Gasteiger charge is -2.16. The number of nitrogens with one attached hydrogen (secondary N) is 1. The molecule has 1 aromatic heterocycles. The van der Waals surface area contributed by atoms with Gasteiger partial charge in [-0.25, -0.2) is 4.79 Å². The van der Waals surface area contributed by atoms with E-state index in [1.807, 2.05) is 0 Å². The Morgan fingerprint density at radius 3 is 2.50 bits per heavy atom. The zero-order valence-electron chi connectivity index (χ0n) is 15.9. The van der Waals surface area contributed by atoms with Gasteiger partial charge >= 0.3 is 5.97 Å². The SMILES string of the molecule is COc1ccc(C(=O)OCC(=O)N(C)CC(=O)NCc2ccco2)cc1OC. The largest absolute Gasteiger partial charge is 0.493 e. The number of nitrogens with zero attached hydrogens (tertiary/aromatic N) is 1. The van der Waals surface area contributed by atoms with Gasteiger partial charge in [0, 0.05) is 7.05 Å². The summed E-state index contributed by atoms with van der Waals surface area (Å²) in [5.74, 6) is -0.124. The number of benzene rings is 1. The Balaban J connectivity index is 1.80. The first-order valence-electron chi connectivity index (χ1n) is 8.36. The van der Waals surface area contributed by atoms with Gasteiger partial charge < -0.3 is 28.8 Å². The van der Waals surface area contributed by atoms with Crippen LogP contribution < -0.4 is 14.8 Å². The summed E-state index contributed by atoms with van der Waals surface area (Å²) in [6, 6.07) is 7.96. The number of rotatable bonds is 9. The number of amides is 2. The molecule has 0 unspecified atom stereocenters. The van der Waals surface area contributed by atoms with Crippen LogP contribution in [-0.2, 0) is 20.9 Å². The van der Waals surface area contributed by atoms with E-state index >= 15 is 0 Å². The molecule has 0 fully saturated rings. The van der Waals surface area contributed by atoms with Crippen molar-refractivity contribution in [2.24, 2.45) is 0 Å². The minimum Gasteiger partial charge on any atom is -0.493 e. The van der Waals surface area contributed by atoms with E-state index in [9.17, 15) is 14.4 Å². The Hall–Kier alpha value is -3.49. The molecule has 0 saturated carbocycles. The number of methoxy groups -OCH3 is 2. The molecule has 0 aliphatic heterocycles. The zero-order chi connectivity index (χ0) is 20.5. The van der Waals surface area contributed by atoms with Crippen LogP contribution in [0.4, 0.5) is 0 Å². The lowest BCUT2D eigenvalue weighted by molar-refractivity contribution is -0.137. The molecule has 28 heavy (non-hydrogen) atoms. The van der Waals surface area contributed by atoms with Crippen molar-refractivity contribution >= 4 is 17.8 Å². The third-order valence-corrected chi connectivity index (χ3v) is 3.79. The molecule has 0 radical (unpaired) electrons. The Kier molecular flexibility index (Phi) is 7.44. The van der Waals surface area contributed by atoms with Gasteiger partial charge in [-0.3, -0.25) is 9.59 Å². The molecule has 0 spiro atoms. The van der Waals surface area contributed by atoms with Crippen molar-refractivity contribution in [3.63, 3.8) is 0 Å². The summed E-state index contributed by atoms with van der Waals surface area (Å²) in [4.78, 5) is 37.2. The Morgan fingerprint density at radius 1 is 1.11 bits per heavy atom. The van der Waals surface area contributed by atoms with Crippen LogP contribution >= 0.6 is 0 Å². The van der Waals surface area contributed by atoms with Crippen LogP contribution in [-0.4, -0.2) is 57.1 Å². The average molecular weight is 390 g/mol. The molecule has 0 atom stereocenters. The molecule has 2 amide bonds. The number of ether oxygens (including phenoxy) is 3. The van der Waals surface area contributed by atoms with Gasteiger partial charge in [0.05, 0.1) is 39.1 Å². The third-order valence-electron chi connectivity index (χ3n) is 3.79. The van der Waals surface area contributed by atoms with Crippen molar-refractivity contribution in [3.8, 4) is 11.5 Å². The second-order valence-electron chi connectivity index (χ2n) is 5.75. The van der Waals surface area contributed by atoms with E-state index in [0.29, 0.717) is 17.3 Å². The highest BCUT2D eigenvalue weighted by atomic mass is 16.5. The highest BCUT2D eigenvalue weighted by Gasteiger charge is 2.17. The maximum Gasteiger partial charge on any atom is 0.338 e. The number of hydrogen-bond acceptors (Lipinski definition) is 7. The summed E-state index contributed by atoms with van der Waals surface area (Å²) in [6.45, 7) is -0.440. The molecule has 0 aliphatic rings. The Morgan fingerprint density at radius 2 is 1.86 bits per heavy atom. The summed E-state index contributed by atoms with van der Waals surface area (Å²) < 4.78 is 20.3. The summed E-state index contributed by atoms with van der Waals surface area (Å²) in [5, 5.41) is 2.62. The molecule has 2 rings (SSSR count). The molecule has 1 heterocycles. The van der Waals surface area contributed by atoms with Gasteiger partial charge in [-0.1, -0.05) is 0 Å². The number of carbonyl (C=O) groups excluding carboxylic acids is 3. The molecule has 0 saturated heterocycles. The molecular formula is C19H22N2O7. The van der Waals surface area contributed by atoms with Crippen molar-refractivity contribution in [2.45, 2.75) is 6.54 Å². The maximum absolute atomic E-state index is 12.1. The molecule has 0 aliphatic carbocycles. The topological polar surface area (TPSA) is 107 Å². The van der Waals surface area contributed by atoms with Gasteiger partial charge in [-0.05, 0) is 30.3 Å². The summed E-state index contributed by atoms with van der Waals surface area (Å²) >= 11 is 0. The zero-order valence-corrected chi connectivity index (χ0v) is 15.9. The summed E-state index contributed by atoms with van der Waals surface area (Å²) in [6.07, 6.45) is 1.50. The van der Waals surface area contributed by atoms with E-state index in [2.05, 4.69) is 5.32 Å². The first-order valence-corrected chi connectivity index (χ1v) is 8.36. The highest BCUT2D eigenvalue weighted by Crippen LogP contribution is 2.27. The number of hydrogen-bond donors (Lipinski definition) is 1. The fourth-order valence-corrected chi connectivity index (χ4v) is 2.24. The number of esters is 1. The van der Waals surface area contributed by atoms with Gasteiger partial charge in [-0.2, -0.15) is 0 Å². The first kappa shape index (κ1) is 20.8. The minimum atomic E-state index is -0.690. The second-order valence-corrected chi connectivity index (χ2v) is 5.75. The van der Waals surface area contributed by atoms with Gasteiger partial charge in [0.25, 0.3) is 5.91 Å². The van der Waals surface area contributed by atoms with Crippen LogP contribution in [0.5, 0.6) is 11.5 Å². The second kappa shape index (κ2) is 10.0. The number of carbonyl (C=O) groups is 3. The minimum absolute atomic E-state index is 0.173. The van der Waals surface area contributed by atoms with Gasteiger partial charge in [-0.15, -0.1) is 0 Å². The van der Waals surface area contributed by atoms with E-state index in [1.54, 1.807) is 18.2 Å². The lowest BCUT2D eigenvalue weighted by atomic mass is 10.2. The summed E-state index contributed by atoms with van der Waals surface area (Å²) in [5.41, 5.74) is 0.212. The third kappa shape index (κ3) is 5.76. The van der Waals surface area contributed by atoms with E-state index in [-0.39, 0.29) is 24.6 Å². The fourth-order valence-electron chi connectivity index (χ4n) is 2.24. The molecule has 0 bridgehead atoms. The van der Waals surface area contributed by atoms with Crippen molar-refractivity contribution in [2.75, 3.05) is 34.4 Å². The highest BCUT2D eigenvalue weighted by molar-refractivity contribution is 5.92. The van der Waals surface area contributed by atoms with E-state index < -0.39 is 18.5 Å². The van der Waals surface area contributed by atoms with Crippen molar-refractivity contribution in [1.29, 1.82) is 0 Å². The quantitative estimate of drug-likeness (QED) is 0.642. The molecule has 9 nitrogen and oxygen atoms in total. The molecule has 9 heteroatoms. The maximum atomic E-state index is 12.1. The molecular weight excluding hydrogens is 368 g/mol. The Labute approximate surface area is 162 Å². The lowest BCUT2D eigenvalue weighted by Crippen LogP contribution is -2.39. The van der Waals surface area contributed by atoms with Crippen LogP contribution in [0.3, 0.4) is 0 Å². The monoisotopic (exact) mass is 390 g/mol. The van der Waals surface area contributed by atoms with Crippen molar-refractivity contribution < 1.29 is 33.0 Å². The predicted molar refractivity (Wildman–Crippen MR) is 98.0 cm³/mol. The van der Waals surface area contributed by atoms with Crippen LogP contribution in [0.1, 0.15) is 16.1 Å². The summed E-state index contributed by atoms with van der Waals surface area (Å²) in [7, 11) is 4.37. The van der Waals surface area contributed by atoms with Crippen LogP contribution in [0.25, 0.3) is 0 Å². The van der Waals surface area contributed by atoms with Gasteiger partial charge in [0.15, 0.2) is 18.1 Å². The molecule has 1 N–H and O–H groups in total. The van der Waals surface area contributed by atoms with Crippen LogP contribution in [0.2, 0.25) is 0 Å². The fraction of sp³-hybridized carbons (Fsp3) is 0.316. The van der Waals surface area contributed by atoms with Crippen molar-refractivity contribution in [1.82, 2.24) is 10.2 Å². The first-order chi connectivity index (χ1) is 13.4. The van der Waals surface area contributed by atoms with Crippen LogP contribution in [0.15, 0.2) is 41.0 Å². The molecule has 150 valence electrons. The number of furan rings is 1. The van der Waals surface area contributed by atoms with Crippen LogP contribution in [0, 0.1) is 0 Å².